The first-order valence-electron chi connectivity index (χ1n) is 6.90. The van der Waals surface area contributed by atoms with Gasteiger partial charge < -0.3 is 10.0 Å². The van der Waals surface area contributed by atoms with Crippen LogP contribution in [0.3, 0.4) is 0 Å². The molecule has 3 atom stereocenters. The van der Waals surface area contributed by atoms with Crippen molar-refractivity contribution in [3.8, 4) is 0 Å². The van der Waals surface area contributed by atoms with Gasteiger partial charge in [-0.1, -0.05) is 54.1 Å². The van der Waals surface area contributed by atoms with Crippen LogP contribution in [0.25, 0.3) is 0 Å². The number of amides is 1. The van der Waals surface area contributed by atoms with Gasteiger partial charge in [0, 0.05) is 5.02 Å². The Bertz CT molecular complexity index is 642. The average molecular weight is 302 g/mol. The molecule has 0 saturated carbocycles. The monoisotopic (exact) mass is 301 g/mol. The number of carbonyl (C=O) groups excluding carboxylic acids is 1. The lowest BCUT2D eigenvalue weighted by molar-refractivity contribution is -0.172. The summed E-state index contributed by atoms with van der Waals surface area (Å²) in [5, 5.41) is 10.7. The standard InChI is InChI=1S/C17H16ClNO2/c1-11(12-5-3-2-4-6-12)19-15(16(20)17(19)21)13-7-9-14(18)10-8-13/h2-11,15-16,20H,1H3/t11-,15-,16+/m0/s1. The highest BCUT2D eigenvalue weighted by atomic mass is 35.5. The number of halogens is 1. The van der Waals surface area contributed by atoms with Crippen molar-refractivity contribution in [3.05, 3.63) is 70.7 Å². The Hall–Kier alpha value is -1.84. The van der Waals surface area contributed by atoms with Crippen LogP contribution in [0.4, 0.5) is 0 Å². The summed E-state index contributed by atoms with van der Waals surface area (Å²) in [5.74, 6) is -0.230. The number of benzene rings is 2. The Morgan fingerprint density at radius 1 is 1.10 bits per heavy atom. The summed E-state index contributed by atoms with van der Waals surface area (Å²) in [6, 6.07) is 16.7. The molecule has 1 fully saturated rings. The topological polar surface area (TPSA) is 40.5 Å². The number of hydrogen-bond acceptors (Lipinski definition) is 2. The Labute approximate surface area is 128 Å². The fraction of sp³-hybridized carbons (Fsp3) is 0.235. The SMILES string of the molecule is C[C@@H](c1ccccc1)N1C(=O)[C@H](O)[C@@H]1c1ccc(Cl)cc1. The van der Waals surface area contributed by atoms with Crippen LogP contribution in [-0.2, 0) is 4.79 Å². The molecule has 0 aliphatic carbocycles. The first-order chi connectivity index (χ1) is 10.1. The molecule has 1 amide bonds. The average Bonchev–Trinajstić information content (AvgIpc) is 2.53. The molecule has 3 rings (SSSR count). The normalized spacial score (nSPS) is 22.8. The zero-order valence-electron chi connectivity index (χ0n) is 11.6. The van der Waals surface area contributed by atoms with Crippen LogP contribution in [0, 0.1) is 0 Å². The van der Waals surface area contributed by atoms with Crippen molar-refractivity contribution < 1.29 is 9.90 Å². The summed E-state index contributed by atoms with van der Waals surface area (Å²) in [5.41, 5.74) is 1.95. The highest BCUT2D eigenvalue weighted by Gasteiger charge is 2.49. The maximum absolute atomic E-state index is 12.1. The molecule has 108 valence electrons. The quantitative estimate of drug-likeness (QED) is 0.883. The molecule has 1 N–H and O–H groups in total. The van der Waals surface area contributed by atoms with E-state index in [4.69, 9.17) is 11.6 Å². The number of aliphatic hydroxyl groups excluding tert-OH is 1. The smallest absolute Gasteiger partial charge is 0.255 e. The van der Waals surface area contributed by atoms with Crippen molar-refractivity contribution in [1.29, 1.82) is 0 Å². The lowest BCUT2D eigenvalue weighted by Crippen LogP contribution is -2.59. The van der Waals surface area contributed by atoms with Gasteiger partial charge in [0.2, 0.25) is 0 Å². The first kappa shape index (κ1) is 14.1. The van der Waals surface area contributed by atoms with Crippen LogP contribution < -0.4 is 0 Å². The molecule has 2 aromatic carbocycles. The number of likely N-dealkylation sites (tertiary alicyclic amines) is 1. The van der Waals surface area contributed by atoms with Gasteiger partial charge in [-0.25, -0.2) is 0 Å². The van der Waals surface area contributed by atoms with Crippen molar-refractivity contribution in [2.45, 2.75) is 25.1 Å². The molecular formula is C17H16ClNO2. The lowest BCUT2D eigenvalue weighted by Gasteiger charge is -2.48. The van der Waals surface area contributed by atoms with Crippen LogP contribution in [0.2, 0.25) is 5.02 Å². The van der Waals surface area contributed by atoms with Crippen molar-refractivity contribution >= 4 is 17.5 Å². The highest BCUT2D eigenvalue weighted by Crippen LogP contribution is 2.41. The van der Waals surface area contributed by atoms with Gasteiger partial charge in [-0.15, -0.1) is 0 Å². The predicted octanol–water partition coefficient (Wildman–Crippen LogP) is 3.35. The molecule has 0 unspecified atom stereocenters. The van der Waals surface area contributed by atoms with Gasteiger partial charge in [0.1, 0.15) is 0 Å². The van der Waals surface area contributed by atoms with E-state index in [2.05, 4.69) is 0 Å². The van der Waals surface area contributed by atoms with E-state index in [1.54, 1.807) is 17.0 Å². The zero-order valence-corrected chi connectivity index (χ0v) is 12.4. The molecule has 1 saturated heterocycles. The Morgan fingerprint density at radius 3 is 2.33 bits per heavy atom. The van der Waals surface area contributed by atoms with E-state index in [9.17, 15) is 9.90 Å². The fourth-order valence-corrected chi connectivity index (χ4v) is 2.95. The molecule has 0 aromatic heterocycles. The van der Waals surface area contributed by atoms with Gasteiger partial charge in [0.15, 0.2) is 6.10 Å². The molecule has 1 aliphatic heterocycles. The summed E-state index contributed by atoms with van der Waals surface area (Å²) in [7, 11) is 0. The molecule has 1 aliphatic rings. The number of nitrogens with zero attached hydrogens (tertiary/aromatic N) is 1. The van der Waals surface area contributed by atoms with E-state index in [-0.39, 0.29) is 18.0 Å². The highest BCUT2D eigenvalue weighted by molar-refractivity contribution is 6.30. The van der Waals surface area contributed by atoms with E-state index in [1.165, 1.54) is 0 Å². The Kier molecular flexibility index (Phi) is 3.70. The second-order valence-corrected chi connectivity index (χ2v) is 5.71. The molecule has 0 bridgehead atoms. The molecule has 4 heteroatoms. The lowest BCUT2D eigenvalue weighted by atomic mass is 9.87. The maximum atomic E-state index is 12.1. The summed E-state index contributed by atoms with van der Waals surface area (Å²) in [6.45, 7) is 1.97. The van der Waals surface area contributed by atoms with Crippen LogP contribution in [0.15, 0.2) is 54.6 Å². The van der Waals surface area contributed by atoms with Crippen molar-refractivity contribution in [2.75, 3.05) is 0 Å². The molecule has 3 nitrogen and oxygen atoms in total. The summed E-state index contributed by atoms with van der Waals surface area (Å²) in [4.78, 5) is 13.8. The molecule has 1 heterocycles. The molecule has 0 radical (unpaired) electrons. The van der Waals surface area contributed by atoms with Crippen LogP contribution in [0.1, 0.15) is 30.1 Å². The van der Waals surface area contributed by atoms with E-state index < -0.39 is 6.10 Å². The minimum absolute atomic E-state index is 0.0808. The molecule has 2 aromatic rings. The van der Waals surface area contributed by atoms with E-state index in [0.717, 1.165) is 11.1 Å². The number of aliphatic hydroxyl groups is 1. The number of carbonyl (C=O) groups is 1. The van der Waals surface area contributed by atoms with Gasteiger partial charge in [-0.05, 0) is 30.2 Å². The van der Waals surface area contributed by atoms with Crippen LogP contribution >= 0.6 is 11.6 Å². The predicted molar refractivity (Wildman–Crippen MR) is 81.9 cm³/mol. The maximum Gasteiger partial charge on any atom is 0.255 e. The zero-order chi connectivity index (χ0) is 15.0. The second kappa shape index (κ2) is 5.51. The van der Waals surface area contributed by atoms with E-state index in [1.807, 2.05) is 49.4 Å². The van der Waals surface area contributed by atoms with Crippen LogP contribution in [0.5, 0.6) is 0 Å². The van der Waals surface area contributed by atoms with Crippen molar-refractivity contribution in [2.24, 2.45) is 0 Å². The van der Waals surface area contributed by atoms with Gasteiger partial charge in [-0.3, -0.25) is 4.79 Å². The Balaban J connectivity index is 1.90. The number of β-lactam (4-membered cyclic amide) rings is 1. The summed E-state index contributed by atoms with van der Waals surface area (Å²) in [6.07, 6.45) is -0.975. The molecule has 0 spiro atoms. The number of rotatable bonds is 3. The van der Waals surface area contributed by atoms with Gasteiger partial charge in [-0.2, -0.15) is 0 Å². The third-order valence-electron chi connectivity index (χ3n) is 4.02. The minimum Gasteiger partial charge on any atom is -0.381 e. The molecule has 21 heavy (non-hydrogen) atoms. The fourth-order valence-electron chi connectivity index (χ4n) is 2.82. The third kappa shape index (κ3) is 2.43. The van der Waals surface area contributed by atoms with Crippen LogP contribution in [-0.4, -0.2) is 22.0 Å². The first-order valence-corrected chi connectivity index (χ1v) is 7.28. The van der Waals surface area contributed by atoms with Crippen molar-refractivity contribution in [3.63, 3.8) is 0 Å². The third-order valence-corrected chi connectivity index (χ3v) is 4.27. The Morgan fingerprint density at radius 2 is 1.71 bits per heavy atom. The van der Waals surface area contributed by atoms with E-state index in [0.29, 0.717) is 5.02 Å². The largest absolute Gasteiger partial charge is 0.381 e. The minimum atomic E-state index is -0.975. The van der Waals surface area contributed by atoms with Crippen molar-refractivity contribution in [1.82, 2.24) is 4.90 Å². The van der Waals surface area contributed by atoms with Gasteiger partial charge >= 0.3 is 0 Å². The second-order valence-electron chi connectivity index (χ2n) is 5.27. The van der Waals surface area contributed by atoms with E-state index >= 15 is 0 Å². The van der Waals surface area contributed by atoms with Gasteiger partial charge in [0.05, 0.1) is 12.1 Å². The number of hydrogen-bond donors (Lipinski definition) is 1. The molecular weight excluding hydrogens is 286 g/mol. The van der Waals surface area contributed by atoms with Gasteiger partial charge in [0.25, 0.3) is 5.91 Å². The summed E-state index contributed by atoms with van der Waals surface area (Å²) < 4.78 is 0. The summed E-state index contributed by atoms with van der Waals surface area (Å²) >= 11 is 5.89.